The van der Waals surface area contributed by atoms with E-state index in [2.05, 4.69) is 10.1 Å². The van der Waals surface area contributed by atoms with Gasteiger partial charge < -0.3 is 10.1 Å². The third-order valence-electron chi connectivity index (χ3n) is 3.02. The summed E-state index contributed by atoms with van der Waals surface area (Å²) in [5.41, 5.74) is -0.0946. The summed E-state index contributed by atoms with van der Waals surface area (Å²) in [6.07, 6.45) is 2.66. The van der Waals surface area contributed by atoms with Crippen molar-refractivity contribution in [2.75, 3.05) is 12.4 Å². The first-order chi connectivity index (χ1) is 11.4. The SMILES string of the molecule is COC(=O)c1cc(NC(=O)C=Cc2ccc(Cl)cc2)c(F)cc1F. The van der Waals surface area contributed by atoms with Gasteiger partial charge in [0.15, 0.2) is 0 Å². The van der Waals surface area contributed by atoms with Gasteiger partial charge in [-0.1, -0.05) is 23.7 Å². The highest BCUT2D eigenvalue weighted by Crippen LogP contribution is 2.20. The second kappa shape index (κ2) is 7.70. The number of nitrogens with one attached hydrogen (secondary N) is 1. The van der Waals surface area contributed by atoms with Crippen LogP contribution in [0.4, 0.5) is 14.5 Å². The molecule has 0 spiro atoms. The Morgan fingerprint density at radius 3 is 2.42 bits per heavy atom. The van der Waals surface area contributed by atoms with Gasteiger partial charge in [-0.3, -0.25) is 4.79 Å². The fraction of sp³-hybridized carbons (Fsp3) is 0.0588. The number of esters is 1. The molecular weight excluding hydrogens is 340 g/mol. The van der Waals surface area contributed by atoms with Crippen LogP contribution < -0.4 is 5.32 Å². The fourth-order valence-corrected chi connectivity index (χ4v) is 1.96. The number of amides is 1. The van der Waals surface area contributed by atoms with Gasteiger partial charge in [-0.25, -0.2) is 13.6 Å². The maximum absolute atomic E-state index is 13.7. The fourth-order valence-electron chi connectivity index (χ4n) is 1.83. The molecule has 0 saturated heterocycles. The van der Waals surface area contributed by atoms with Gasteiger partial charge in [-0.15, -0.1) is 0 Å². The molecule has 0 radical (unpaired) electrons. The van der Waals surface area contributed by atoms with E-state index in [4.69, 9.17) is 11.6 Å². The van der Waals surface area contributed by atoms with E-state index < -0.39 is 29.1 Å². The molecule has 0 aromatic heterocycles. The number of carbonyl (C=O) groups excluding carboxylic acids is 2. The van der Waals surface area contributed by atoms with Crippen LogP contribution in [0.15, 0.2) is 42.5 Å². The lowest BCUT2D eigenvalue weighted by molar-refractivity contribution is -0.111. The molecule has 4 nitrogen and oxygen atoms in total. The minimum Gasteiger partial charge on any atom is -0.465 e. The first kappa shape index (κ1) is 17.6. The summed E-state index contributed by atoms with van der Waals surface area (Å²) in [6.45, 7) is 0. The lowest BCUT2D eigenvalue weighted by Gasteiger charge is -2.07. The first-order valence-electron chi connectivity index (χ1n) is 6.72. The Balaban J connectivity index is 2.16. The van der Waals surface area contributed by atoms with Gasteiger partial charge in [0.25, 0.3) is 0 Å². The van der Waals surface area contributed by atoms with Crippen molar-refractivity contribution in [2.45, 2.75) is 0 Å². The Morgan fingerprint density at radius 2 is 1.79 bits per heavy atom. The zero-order valence-electron chi connectivity index (χ0n) is 12.5. The predicted octanol–water partition coefficient (Wildman–Crippen LogP) is 4.06. The second-order valence-electron chi connectivity index (χ2n) is 4.68. The van der Waals surface area contributed by atoms with Gasteiger partial charge in [0.1, 0.15) is 11.6 Å². The van der Waals surface area contributed by atoms with Crippen LogP contribution in [0.5, 0.6) is 0 Å². The van der Waals surface area contributed by atoms with Crippen molar-refractivity contribution in [3.05, 3.63) is 70.3 Å². The molecule has 0 atom stereocenters. The summed E-state index contributed by atoms with van der Waals surface area (Å²) < 4.78 is 31.6. The molecule has 0 fully saturated rings. The van der Waals surface area contributed by atoms with Crippen LogP contribution in [0.1, 0.15) is 15.9 Å². The number of anilines is 1. The molecular formula is C17H12ClF2NO3. The van der Waals surface area contributed by atoms with Gasteiger partial charge in [0.05, 0.1) is 18.4 Å². The van der Waals surface area contributed by atoms with Crippen molar-refractivity contribution >= 4 is 35.2 Å². The number of carbonyl (C=O) groups is 2. The maximum Gasteiger partial charge on any atom is 0.340 e. The van der Waals surface area contributed by atoms with Crippen LogP contribution in [0.25, 0.3) is 6.08 Å². The molecule has 1 N–H and O–H groups in total. The van der Waals surface area contributed by atoms with E-state index in [0.29, 0.717) is 16.7 Å². The molecule has 2 aromatic rings. The van der Waals surface area contributed by atoms with Gasteiger partial charge >= 0.3 is 5.97 Å². The maximum atomic E-state index is 13.7. The summed E-state index contributed by atoms with van der Waals surface area (Å²) in [5.74, 6) is -3.70. The van der Waals surface area contributed by atoms with E-state index in [0.717, 1.165) is 13.2 Å². The molecule has 0 heterocycles. The van der Waals surface area contributed by atoms with Crippen LogP contribution >= 0.6 is 11.6 Å². The average Bonchev–Trinajstić information content (AvgIpc) is 2.56. The molecule has 0 aliphatic rings. The van der Waals surface area contributed by atoms with E-state index in [9.17, 15) is 18.4 Å². The minimum absolute atomic E-state index is 0.331. The van der Waals surface area contributed by atoms with Crippen LogP contribution in [-0.4, -0.2) is 19.0 Å². The Bertz CT molecular complexity index is 804. The van der Waals surface area contributed by atoms with Crippen LogP contribution in [-0.2, 0) is 9.53 Å². The Hall–Kier alpha value is -2.73. The molecule has 0 aliphatic carbocycles. The molecule has 0 unspecified atom stereocenters. The third-order valence-corrected chi connectivity index (χ3v) is 3.27. The van der Waals surface area contributed by atoms with Crippen molar-refractivity contribution in [3.63, 3.8) is 0 Å². The second-order valence-corrected chi connectivity index (χ2v) is 5.11. The van der Waals surface area contributed by atoms with E-state index in [1.54, 1.807) is 24.3 Å². The van der Waals surface area contributed by atoms with E-state index in [-0.39, 0.29) is 5.69 Å². The van der Waals surface area contributed by atoms with Crippen LogP contribution in [0.2, 0.25) is 5.02 Å². The van der Waals surface area contributed by atoms with Gasteiger partial charge in [0, 0.05) is 17.2 Å². The molecule has 2 aromatic carbocycles. The quantitative estimate of drug-likeness (QED) is 0.667. The van der Waals surface area contributed by atoms with Crippen molar-refractivity contribution in [1.29, 1.82) is 0 Å². The number of ether oxygens (including phenoxy) is 1. The number of hydrogen-bond acceptors (Lipinski definition) is 3. The van der Waals surface area contributed by atoms with Gasteiger partial charge in [-0.2, -0.15) is 0 Å². The Morgan fingerprint density at radius 1 is 1.12 bits per heavy atom. The lowest BCUT2D eigenvalue weighted by atomic mass is 10.1. The Kier molecular flexibility index (Phi) is 5.65. The number of hydrogen-bond donors (Lipinski definition) is 1. The van der Waals surface area contributed by atoms with Crippen LogP contribution in [0, 0.1) is 11.6 Å². The summed E-state index contributed by atoms with van der Waals surface area (Å²) >= 11 is 5.75. The molecule has 24 heavy (non-hydrogen) atoms. The van der Waals surface area contributed by atoms with Crippen molar-refractivity contribution in [3.8, 4) is 0 Å². The average molecular weight is 352 g/mol. The lowest BCUT2D eigenvalue weighted by Crippen LogP contribution is -2.12. The van der Waals surface area contributed by atoms with E-state index in [1.807, 2.05) is 0 Å². The summed E-state index contributed by atoms with van der Waals surface area (Å²) in [5, 5.41) is 2.79. The van der Waals surface area contributed by atoms with E-state index >= 15 is 0 Å². The molecule has 7 heteroatoms. The molecule has 0 bridgehead atoms. The number of halogens is 3. The summed E-state index contributed by atoms with van der Waals surface area (Å²) in [6, 6.07) is 8.08. The molecule has 2 rings (SSSR count). The monoisotopic (exact) mass is 351 g/mol. The number of benzene rings is 2. The zero-order chi connectivity index (χ0) is 17.7. The molecule has 1 amide bonds. The highest BCUT2D eigenvalue weighted by molar-refractivity contribution is 6.30. The van der Waals surface area contributed by atoms with Crippen molar-refractivity contribution < 1.29 is 23.1 Å². The van der Waals surface area contributed by atoms with Gasteiger partial charge in [-0.05, 0) is 29.8 Å². The summed E-state index contributed by atoms with van der Waals surface area (Å²) in [4.78, 5) is 23.2. The molecule has 124 valence electrons. The normalized spacial score (nSPS) is 10.7. The van der Waals surface area contributed by atoms with E-state index in [1.165, 1.54) is 12.2 Å². The predicted molar refractivity (Wildman–Crippen MR) is 86.8 cm³/mol. The largest absolute Gasteiger partial charge is 0.465 e. The van der Waals surface area contributed by atoms with Crippen molar-refractivity contribution in [2.24, 2.45) is 0 Å². The Labute approximate surface area is 141 Å². The number of rotatable bonds is 4. The zero-order valence-corrected chi connectivity index (χ0v) is 13.2. The highest BCUT2D eigenvalue weighted by Gasteiger charge is 2.17. The molecule has 0 saturated carbocycles. The smallest absolute Gasteiger partial charge is 0.340 e. The first-order valence-corrected chi connectivity index (χ1v) is 7.10. The summed E-state index contributed by atoms with van der Waals surface area (Å²) in [7, 11) is 1.07. The van der Waals surface area contributed by atoms with Crippen LogP contribution in [0.3, 0.4) is 0 Å². The topological polar surface area (TPSA) is 55.4 Å². The third kappa shape index (κ3) is 4.39. The standard InChI is InChI=1S/C17H12ClF2NO3/c1-24-17(23)12-8-15(14(20)9-13(12)19)21-16(22)7-4-10-2-5-11(18)6-3-10/h2-9H,1H3,(H,21,22). The van der Waals surface area contributed by atoms with Gasteiger partial charge in [0.2, 0.25) is 5.91 Å². The number of methoxy groups -OCH3 is 1. The highest BCUT2D eigenvalue weighted by atomic mass is 35.5. The molecule has 0 aliphatic heterocycles. The van der Waals surface area contributed by atoms with Crippen molar-refractivity contribution in [1.82, 2.24) is 0 Å². The minimum atomic E-state index is -1.07.